The van der Waals surface area contributed by atoms with E-state index in [0.717, 1.165) is 34.7 Å². The summed E-state index contributed by atoms with van der Waals surface area (Å²) < 4.78 is 0. The van der Waals surface area contributed by atoms with E-state index in [2.05, 4.69) is 31.5 Å². The van der Waals surface area contributed by atoms with Gasteiger partial charge in [0.15, 0.2) is 6.10 Å². The Morgan fingerprint density at radius 3 is 2.17 bits per heavy atom. The van der Waals surface area contributed by atoms with Gasteiger partial charge in [0.05, 0.1) is 13.5 Å². The van der Waals surface area contributed by atoms with Gasteiger partial charge in [0, 0.05) is 12.6 Å². The van der Waals surface area contributed by atoms with Gasteiger partial charge in [0.25, 0.3) is 0 Å². The summed E-state index contributed by atoms with van der Waals surface area (Å²) in [7, 11) is -1.97. The fourth-order valence-corrected chi connectivity index (χ4v) is 8.37. The number of carbonyl (C=O) groups excluding carboxylic acids is 1. The van der Waals surface area contributed by atoms with Crippen LogP contribution in [0.3, 0.4) is 0 Å². The molecule has 1 saturated carbocycles. The normalized spacial score (nSPS) is 20.8. The second-order valence-corrected chi connectivity index (χ2v) is 15.7. The van der Waals surface area contributed by atoms with Crippen LogP contribution in [0.4, 0.5) is 0 Å². The van der Waals surface area contributed by atoms with Crippen LogP contribution in [-0.4, -0.2) is 41.1 Å². The molecule has 6 heteroatoms. The van der Waals surface area contributed by atoms with E-state index in [1.54, 1.807) is 0 Å². The van der Waals surface area contributed by atoms with E-state index in [0.29, 0.717) is 12.1 Å². The van der Waals surface area contributed by atoms with Gasteiger partial charge in [-0.2, -0.15) is 0 Å². The molecule has 1 aliphatic carbocycles. The number of amides is 1. The molecule has 1 amide bonds. The zero-order valence-electron chi connectivity index (χ0n) is 19.6. The Bertz CT molecular complexity index is 878. The van der Waals surface area contributed by atoms with E-state index in [1.807, 2.05) is 20.8 Å². The predicted octanol–water partition coefficient (Wildman–Crippen LogP) is 3.92. The number of rotatable bonds is 4. The van der Waals surface area contributed by atoms with Gasteiger partial charge in [-0.3, -0.25) is 4.79 Å². The van der Waals surface area contributed by atoms with Crippen LogP contribution in [0.1, 0.15) is 79.9 Å². The lowest BCUT2D eigenvalue weighted by molar-refractivity contribution is -0.146. The standard InChI is InChI=1S/C24H37NO4Si/c1-14-17-13-25(16-11-9-8-10-12-16)23(29)24(3,4)19(17)15(2)18(20(26)22(27)28)21(14)30(5,6)7/h16,20,26H,8-13H2,1-7H3,(H,27,28)/t20-/m0/s1. The van der Waals surface area contributed by atoms with Crippen molar-refractivity contribution in [1.82, 2.24) is 4.90 Å². The number of aliphatic hydroxyl groups is 1. The average Bonchev–Trinajstić information content (AvgIpc) is 2.65. The molecular formula is C24H37NO4Si. The average molecular weight is 432 g/mol. The van der Waals surface area contributed by atoms with Gasteiger partial charge >= 0.3 is 5.97 Å². The van der Waals surface area contributed by atoms with Crippen molar-refractivity contribution >= 4 is 25.1 Å². The summed E-state index contributed by atoms with van der Waals surface area (Å²) in [6.07, 6.45) is 4.13. The summed E-state index contributed by atoms with van der Waals surface area (Å²) >= 11 is 0. The van der Waals surface area contributed by atoms with Crippen LogP contribution in [0.2, 0.25) is 19.6 Å². The maximum absolute atomic E-state index is 13.6. The number of hydrogen-bond donors (Lipinski definition) is 2. The van der Waals surface area contributed by atoms with Crippen molar-refractivity contribution in [2.24, 2.45) is 0 Å². The van der Waals surface area contributed by atoms with E-state index < -0.39 is 25.6 Å². The molecule has 0 saturated heterocycles. The van der Waals surface area contributed by atoms with E-state index in [9.17, 15) is 19.8 Å². The predicted molar refractivity (Wildman–Crippen MR) is 122 cm³/mol. The Morgan fingerprint density at radius 2 is 1.67 bits per heavy atom. The third kappa shape index (κ3) is 3.62. The molecule has 3 rings (SSSR count). The summed E-state index contributed by atoms with van der Waals surface area (Å²) in [5.41, 5.74) is 3.72. The fourth-order valence-electron chi connectivity index (χ4n) is 5.96. The summed E-state index contributed by atoms with van der Waals surface area (Å²) in [5, 5.41) is 21.3. The van der Waals surface area contributed by atoms with Crippen LogP contribution in [0.25, 0.3) is 0 Å². The van der Waals surface area contributed by atoms with Crippen LogP contribution < -0.4 is 5.19 Å². The Morgan fingerprint density at radius 1 is 1.10 bits per heavy atom. The lowest BCUT2D eigenvalue weighted by atomic mass is 9.71. The summed E-state index contributed by atoms with van der Waals surface area (Å²) in [4.78, 5) is 27.5. The van der Waals surface area contributed by atoms with Crippen LogP contribution >= 0.6 is 0 Å². The number of aliphatic carboxylic acids is 1. The highest BCUT2D eigenvalue weighted by atomic mass is 28.3. The zero-order valence-corrected chi connectivity index (χ0v) is 20.6. The highest BCUT2D eigenvalue weighted by Gasteiger charge is 2.46. The minimum absolute atomic E-state index is 0.126. The van der Waals surface area contributed by atoms with Crippen LogP contribution in [0.5, 0.6) is 0 Å². The highest BCUT2D eigenvalue weighted by molar-refractivity contribution is 6.89. The summed E-state index contributed by atoms with van der Waals surface area (Å²) in [6.45, 7) is 15.0. The molecule has 0 bridgehead atoms. The van der Waals surface area contributed by atoms with Crippen molar-refractivity contribution in [3.8, 4) is 0 Å². The molecule has 0 spiro atoms. The molecule has 0 unspecified atom stereocenters. The van der Waals surface area contributed by atoms with Crippen molar-refractivity contribution in [3.63, 3.8) is 0 Å². The zero-order chi connectivity index (χ0) is 22.6. The molecule has 30 heavy (non-hydrogen) atoms. The molecule has 166 valence electrons. The first-order valence-corrected chi connectivity index (χ1v) is 14.7. The van der Waals surface area contributed by atoms with Crippen LogP contribution in [0, 0.1) is 13.8 Å². The number of hydrogen-bond acceptors (Lipinski definition) is 3. The van der Waals surface area contributed by atoms with Crippen molar-refractivity contribution in [2.45, 2.75) is 104 Å². The van der Waals surface area contributed by atoms with Crippen molar-refractivity contribution < 1.29 is 19.8 Å². The van der Waals surface area contributed by atoms with E-state index in [4.69, 9.17) is 0 Å². The smallest absolute Gasteiger partial charge is 0.337 e. The molecule has 1 aromatic rings. The number of carbonyl (C=O) groups is 2. The van der Waals surface area contributed by atoms with Crippen LogP contribution in [0.15, 0.2) is 0 Å². The van der Waals surface area contributed by atoms with Gasteiger partial charge in [0.1, 0.15) is 0 Å². The maximum atomic E-state index is 13.6. The summed E-state index contributed by atoms with van der Waals surface area (Å²) in [6, 6.07) is 0.290. The van der Waals surface area contributed by atoms with Gasteiger partial charge < -0.3 is 15.1 Å². The second kappa shape index (κ2) is 7.79. The Balaban J connectivity index is 2.30. The first-order valence-electron chi connectivity index (χ1n) is 11.2. The number of carboxylic acid groups (broad SMARTS) is 1. The van der Waals surface area contributed by atoms with Gasteiger partial charge in [-0.25, -0.2) is 4.79 Å². The molecule has 2 aliphatic rings. The van der Waals surface area contributed by atoms with Gasteiger partial charge in [-0.05, 0) is 68.4 Å². The third-order valence-corrected chi connectivity index (χ3v) is 9.34. The van der Waals surface area contributed by atoms with Gasteiger partial charge in [0.2, 0.25) is 5.91 Å². The molecule has 0 radical (unpaired) electrons. The Hall–Kier alpha value is -1.66. The number of aliphatic hydroxyl groups excluding tert-OH is 1. The number of carboxylic acids is 1. The first kappa shape index (κ1) is 23.0. The van der Waals surface area contributed by atoms with E-state index in [-0.39, 0.29) is 11.9 Å². The highest BCUT2D eigenvalue weighted by Crippen LogP contribution is 2.42. The van der Waals surface area contributed by atoms with Crippen molar-refractivity contribution in [1.29, 1.82) is 0 Å². The van der Waals surface area contributed by atoms with Crippen molar-refractivity contribution in [3.05, 3.63) is 27.8 Å². The number of fused-ring (bicyclic) bond motifs is 1. The van der Waals surface area contributed by atoms with Gasteiger partial charge in [-0.1, -0.05) is 44.1 Å². The second-order valence-electron chi connectivity index (χ2n) is 10.7. The molecule has 1 heterocycles. The topological polar surface area (TPSA) is 77.8 Å². The molecular weight excluding hydrogens is 394 g/mol. The SMILES string of the molecule is Cc1c([C@H](O)C(=O)O)c([Si](C)(C)C)c(C)c2c1C(C)(C)C(=O)N(C1CCCCC1)C2. The van der Waals surface area contributed by atoms with Crippen LogP contribution in [-0.2, 0) is 21.5 Å². The first-order chi connectivity index (χ1) is 13.8. The monoisotopic (exact) mass is 431 g/mol. The lowest BCUT2D eigenvalue weighted by Gasteiger charge is -2.46. The fraction of sp³-hybridized carbons (Fsp3) is 0.667. The molecule has 1 atom stereocenters. The lowest BCUT2D eigenvalue weighted by Crippen LogP contribution is -2.55. The quantitative estimate of drug-likeness (QED) is 0.709. The minimum Gasteiger partial charge on any atom is -0.479 e. The molecule has 0 aromatic heterocycles. The van der Waals surface area contributed by atoms with E-state index >= 15 is 0 Å². The molecule has 1 fully saturated rings. The maximum Gasteiger partial charge on any atom is 0.337 e. The van der Waals surface area contributed by atoms with E-state index in [1.165, 1.54) is 24.8 Å². The third-order valence-electron chi connectivity index (χ3n) is 7.20. The van der Waals surface area contributed by atoms with Crippen molar-refractivity contribution in [2.75, 3.05) is 0 Å². The number of benzene rings is 1. The number of nitrogens with zero attached hydrogens (tertiary/aromatic N) is 1. The minimum atomic E-state index is -1.97. The summed E-state index contributed by atoms with van der Waals surface area (Å²) in [5.74, 6) is -1.11. The molecule has 1 aliphatic heterocycles. The largest absolute Gasteiger partial charge is 0.479 e. The molecule has 5 nitrogen and oxygen atoms in total. The Labute approximate surface area is 181 Å². The Kier molecular flexibility index (Phi) is 5.97. The molecule has 1 aromatic carbocycles. The molecule has 2 N–H and O–H groups in total. The van der Waals surface area contributed by atoms with Gasteiger partial charge in [-0.15, -0.1) is 0 Å².